The summed E-state index contributed by atoms with van der Waals surface area (Å²) in [4.78, 5) is 24.7. The highest BCUT2D eigenvalue weighted by atomic mass is 16.5. The van der Waals surface area contributed by atoms with E-state index in [0.717, 1.165) is 0 Å². The summed E-state index contributed by atoms with van der Waals surface area (Å²) < 4.78 is 15.7. The number of nitrogens with two attached hydrogens (primary N) is 1. The summed E-state index contributed by atoms with van der Waals surface area (Å²) in [6.07, 6.45) is 0. The molecule has 0 saturated carbocycles. The zero-order valence-corrected chi connectivity index (χ0v) is 13.6. The van der Waals surface area contributed by atoms with Crippen LogP contribution >= 0.6 is 0 Å². The van der Waals surface area contributed by atoms with Gasteiger partial charge in [0.1, 0.15) is 0 Å². The van der Waals surface area contributed by atoms with E-state index < -0.39 is 5.91 Å². The van der Waals surface area contributed by atoms with E-state index in [4.69, 9.17) is 20.1 Å². The van der Waals surface area contributed by atoms with Gasteiger partial charge in [0, 0.05) is 11.1 Å². The number of nitrogens with one attached hydrogen (secondary N) is 1. The Bertz CT molecular complexity index is 748. The van der Waals surface area contributed by atoms with Gasteiger partial charge in [0.05, 0.1) is 26.9 Å². The van der Waals surface area contributed by atoms with E-state index >= 15 is 0 Å². The summed E-state index contributed by atoms with van der Waals surface area (Å²) in [7, 11) is 4.39. The first-order chi connectivity index (χ1) is 11.6. The van der Waals surface area contributed by atoms with Crippen LogP contribution in [0.1, 0.15) is 26.3 Å². The smallest absolute Gasteiger partial charge is 0.265 e. The molecule has 0 saturated heterocycles. The van der Waals surface area contributed by atoms with Crippen molar-refractivity contribution in [1.29, 1.82) is 0 Å². The highest BCUT2D eigenvalue weighted by Crippen LogP contribution is 2.38. The van der Waals surface area contributed by atoms with Crippen molar-refractivity contribution >= 4 is 11.7 Å². The number of carbonyl (C=O) groups excluding carboxylic acids is 2. The number of hydrogen-bond acceptors (Lipinski definition) is 6. The summed E-state index contributed by atoms with van der Waals surface area (Å²) in [5.41, 5.74) is 2.72. The number of hydrazine groups is 1. The maximum Gasteiger partial charge on any atom is 0.265 e. The highest BCUT2D eigenvalue weighted by Gasteiger charge is 2.21. The molecular weight excluding hydrogens is 312 g/mol. The van der Waals surface area contributed by atoms with Crippen LogP contribution in [0.2, 0.25) is 0 Å². The average Bonchev–Trinajstić information content (AvgIpc) is 2.65. The van der Waals surface area contributed by atoms with Gasteiger partial charge < -0.3 is 14.2 Å². The number of amides is 1. The minimum absolute atomic E-state index is 0.179. The second-order valence-electron chi connectivity index (χ2n) is 4.76. The Morgan fingerprint density at radius 3 is 1.92 bits per heavy atom. The molecule has 1 amide bonds. The van der Waals surface area contributed by atoms with Gasteiger partial charge in [-0.2, -0.15) is 0 Å². The fraction of sp³-hybridized carbons (Fsp3) is 0.176. The largest absolute Gasteiger partial charge is 0.493 e. The van der Waals surface area contributed by atoms with Crippen LogP contribution in [-0.4, -0.2) is 33.0 Å². The molecule has 7 heteroatoms. The monoisotopic (exact) mass is 330 g/mol. The molecule has 24 heavy (non-hydrogen) atoms. The zero-order chi connectivity index (χ0) is 17.7. The molecule has 0 aromatic heterocycles. The molecule has 0 unspecified atom stereocenters. The third kappa shape index (κ3) is 3.16. The Balaban J connectivity index is 2.57. The molecule has 2 rings (SSSR count). The van der Waals surface area contributed by atoms with Crippen molar-refractivity contribution in [2.75, 3.05) is 21.3 Å². The third-order valence-corrected chi connectivity index (χ3v) is 3.47. The van der Waals surface area contributed by atoms with Gasteiger partial charge in [0.2, 0.25) is 5.75 Å². The molecule has 0 aliphatic heterocycles. The number of carbonyl (C=O) groups is 2. The number of benzene rings is 2. The fourth-order valence-electron chi connectivity index (χ4n) is 2.32. The summed E-state index contributed by atoms with van der Waals surface area (Å²) >= 11 is 0. The van der Waals surface area contributed by atoms with Crippen LogP contribution in [-0.2, 0) is 0 Å². The van der Waals surface area contributed by atoms with Gasteiger partial charge in [0.15, 0.2) is 17.3 Å². The Morgan fingerprint density at radius 1 is 0.917 bits per heavy atom. The fourth-order valence-corrected chi connectivity index (χ4v) is 2.32. The van der Waals surface area contributed by atoms with Crippen LogP contribution in [0.15, 0.2) is 36.4 Å². The first-order valence-corrected chi connectivity index (χ1v) is 7.02. The number of hydrogen-bond donors (Lipinski definition) is 2. The standard InChI is InChI=1S/C17H18N2O5/c1-22-13-8-10(9-14(23-2)16(13)24-3)15(20)11-6-4-5-7-12(11)17(21)19-18/h4-9H,18H2,1-3H3,(H,19,21). The number of ketones is 1. The van der Waals surface area contributed by atoms with Crippen LogP contribution in [0.4, 0.5) is 0 Å². The lowest BCUT2D eigenvalue weighted by Crippen LogP contribution is -2.31. The number of rotatable bonds is 6. The van der Waals surface area contributed by atoms with Gasteiger partial charge in [0.25, 0.3) is 5.91 Å². The van der Waals surface area contributed by atoms with Crippen LogP contribution in [0.5, 0.6) is 17.2 Å². The second kappa shape index (κ2) is 7.47. The summed E-state index contributed by atoms with van der Waals surface area (Å²) in [5, 5.41) is 0. The van der Waals surface area contributed by atoms with E-state index in [2.05, 4.69) is 0 Å². The Labute approximate surface area is 139 Å². The highest BCUT2D eigenvalue weighted by molar-refractivity contribution is 6.15. The normalized spacial score (nSPS) is 10.0. The first-order valence-electron chi connectivity index (χ1n) is 7.02. The van der Waals surface area contributed by atoms with Crippen molar-refractivity contribution in [1.82, 2.24) is 5.43 Å². The lowest BCUT2D eigenvalue weighted by Gasteiger charge is -2.14. The summed E-state index contributed by atoms with van der Waals surface area (Å²) in [6.45, 7) is 0. The topological polar surface area (TPSA) is 99.9 Å². The minimum atomic E-state index is -0.550. The lowest BCUT2D eigenvalue weighted by molar-refractivity contribution is 0.0942. The predicted octanol–water partition coefficient (Wildman–Crippen LogP) is 1.55. The van der Waals surface area contributed by atoms with Crippen LogP contribution in [0, 0.1) is 0 Å². The second-order valence-corrected chi connectivity index (χ2v) is 4.76. The van der Waals surface area contributed by atoms with Crippen molar-refractivity contribution in [3.63, 3.8) is 0 Å². The molecule has 2 aromatic carbocycles. The maximum absolute atomic E-state index is 12.9. The molecule has 2 aromatic rings. The van der Waals surface area contributed by atoms with Crippen molar-refractivity contribution in [2.24, 2.45) is 5.84 Å². The van der Waals surface area contributed by atoms with Crippen molar-refractivity contribution in [2.45, 2.75) is 0 Å². The Kier molecular flexibility index (Phi) is 5.39. The van der Waals surface area contributed by atoms with Crippen molar-refractivity contribution in [3.05, 3.63) is 53.1 Å². The third-order valence-electron chi connectivity index (χ3n) is 3.47. The quantitative estimate of drug-likeness (QED) is 0.361. The summed E-state index contributed by atoms with van der Waals surface area (Å²) in [6, 6.07) is 9.44. The summed E-state index contributed by atoms with van der Waals surface area (Å²) in [5.74, 6) is 5.33. The minimum Gasteiger partial charge on any atom is -0.493 e. The van der Waals surface area contributed by atoms with Gasteiger partial charge in [-0.25, -0.2) is 5.84 Å². The molecule has 0 fully saturated rings. The SMILES string of the molecule is COc1cc(C(=O)c2ccccc2C(=O)NN)cc(OC)c1OC. The Morgan fingerprint density at radius 2 is 1.46 bits per heavy atom. The van der Waals surface area contributed by atoms with Crippen LogP contribution < -0.4 is 25.5 Å². The number of nitrogen functional groups attached to an aromatic ring is 1. The van der Waals surface area contributed by atoms with E-state index in [9.17, 15) is 9.59 Å². The van der Waals surface area contributed by atoms with Crippen LogP contribution in [0.25, 0.3) is 0 Å². The lowest BCUT2D eigenvalue weighted by atomic mass is 9.97. The molecule has 0 radical (unpaired) electrons. The average molecular weight is 330 g/mol. The van der Waals surface area contributed by atoms with Gasteiger partial charge in [-0.05, 0) is 18.2 Å². The zero-order valence-electron chi connectivity index (χ0n) is 13.6. The van der Waals surface area contributed by atoms with Crippen molar-refractivity contribution < 1.29 is 23.8 Å². The maximum atomic E-state index is 12.9. The van der Waals surface area contributed by atoms with E-state index in [1.165, 1.54) is 39.5 Å². The Hall–Kier alpha value is -3.06. The van der Waals surface area contributed by atoms with Gasteiger partial charge in [-0.3, -0.25) is 15.0 Å². The number of ether oxygens (including phenoxy) is 3. The van der Waals surface area contributed by atoms with Gasteiger partial charge >= 0.3 is 0 Å². The van der Waals surface area contributed by atoms with Gasteiger partial charge in [-0.1, -0.05) is 18.2 Å². The van der Waals surface area contributed by atoms with E-state index in [1.807, 2.05) is 5.43 Å². The van der Waals surface area contributed by atoms with Crippen molar-refractivity contribution in [3.8, 4) is 17.2 Å². The van der Waals surface area contributed by atoms with Crippen LogP contribution in [0.3, 0.4) is 0 Å². The molecule has 7 nitrogen and oxygen atoms in total. The molecule has 0 spiro atoms. The first kappa shape index (κ1) is 17.3. The molecule has 3 N–H and O–H groups in total. The van der Waals surface area contributed by atoms with Gasteiger partial charge in [-0.15, -0.1) is 0 Å². The molecule has 0 bridgehead atoms. The molecular formula is C17H18N2O5. The van der Waals surface area contributed by atoms with E-state index in [0.29, 0.717) is 22.8 Å². The molecule has 0 aliphatic carbocycles. The molecule has 0 aliphatic rings. The number of methoxy groups -OCH3 is 3. The molecule has 126 valence electrons. The predicted molar refractivity (Wildman–Crippen MR) is 87.6 cm³/mol. The van der Waals surface area contributed by atoms with E-state index in [-0.39, 0.29) is 16.9 Å². The van der Waals surface area contributed by atoms with E-state index in [1.54, 1.807) is 18.2 Å². The molecule has 0 atom stereocenters. The molecule has 0 heterocycles.